The number of aromatic nitrogens is 2. The molecule has 2 aromatic heterocycles. The Labute approximate surface area is 173 Å². The van der Waals surface area contributed by atoms with E-state index >= 15 is 0 Å². The molecule has 1 N–H and O–H groups in total. The summed E-state index contributed by atoms with van der Waals surface area (Å²) in [4.78, 5) is 33.6. The molecule has 4 aromatic rings. The van der Waals surface area contributed by atoms with Crippen molar-refractivity contribution in [3.63, 3.8) is 0 Å². The predicted molar refractivity (Wildman–Crippen MR) is 113 cm³/mol. The second-order valence-corrected chi connectivity index (χ2v) is 6.69. The molecule has 30 heavy (non-hydrogen) atoms. The number of hydrogen-bond donors (Lipinski definition) is 1. The molecular formula is C24H19N3O3. The molecule has 6 heteroatoms. The van der Waals surface area contributed by atoms with Crippen molar-refractivity contribution in [3.05, 3.63) is 96.3 Å². The summed E-state index contributed by atoms with van der Waals surface area (Å²) in [7, 11) is 0. The number of nitrogens with zero attached hydrogens (tertiary/aromatic N) is 2. The number of carbonyl (C=O) groups excluding carboxylic acids is 2. The number of pyridine rings is 2. The molecule has 2 aromatic carbocycles. The van der Waals surface area contributed by atoms with Gasteiger partial charge in [-0.25, -0.2) is 4.98 Å². The van der Waals surface area contributed by atoms with E-state index in [1.165, 1.54) is 6.92 Å². The Morgan fingerprint density at radius 3 is 2.47 bits per heavy atom. The predicted octanol–water partition coefficient (Wildman–Crippen LogP) is 4.29. The molecule has 0 aliphatic heterocycles. The summed E-state index contributed by atoms with van der Waals surface area (Å²) in [5.74, 6) is -0.880. The molecule has 1 atom stereocenters. The van der Waals surface area contributed by atoms with Crippen molar-refractivity contribution in [2.45, 2.75) is 13.2 Å². The molecular weight excluding hydrogens is 378 g/mol. The first-order valence-electron chi connectivity index (χ1n) is 9.45. The number of carbonyl (C=O) groups is 2. The van der Waals surface area contributed by atoms with Crippen LogP contribution in [0.25, 0.3) is 22.2 Å². The van der Waals surface area contributed by atoms with Crippen molar-refractivity contribution in [2.24, 2.45) is 0 Å². The zero-order valence-corrected chi connectivity index (χ0v) is 16.3. The van der Waals surface area contributed by atoms with Crippen LogP contribution in [0.2, 0.25) is 0 Å². The standard InChI is InChI=1S/C24H19N3O3/c1-16(28)30-24(18-10-7-13-25-15-18)27-23(29)20-14-22(17-8-3-2-4-9-17)26-21-12-6-5-11-19(20)21/h2-15,24H,1H3,(H,27,29). The van der Waals surface area contributed by atoms with Gasteiger partial charge in [0.2, 0.25) is 6.23 Å². The third-order valence-electron chi connectivity index (χ3n) is 4.56. The van der Waals surface area contributed by atoms with Crippen molar-refractivity contribution < 1.29 is 14.3 Å². The third-order valence-corrected chi connectivity index (χ3v) is 4.56. The molecule has 0 fully saturated rings. The molecule has 1 unspecified atom stereocenters. The van der Waals surface area contributed by atoms with Gasteiger partial charge in [0.15, 0.2) is 0 Å². The average molecular weight is 397 g/mol. The Balaban J connectivity index is 1.75. The number of fused-ring (bicyclic) bond motifs is 1. The second-order valence-electron chi connectivity index (χ2n) is 6.69. The zero-order valence-electron chi connectivity index (χ0n) is 16.3. The lowest BCUT2D eigenvalue weighted by molar-refractivity contribution is -0.147. The SMILES string of the molecule is CC(=O)OC(NC(=O)c1cc(-c2ccccc2)nc2ccccc12)c1cccnc1. The molecule has 1 amide bonds. The van der Waals surface area contributed by atoms with Crippen LogP contribution >= 0.6 is 0 Å². The van der Waals surface area contributed by atoms with Gasteiger partial charge in [0.1, 0.15) is 0 Å². The Hall–Kier alpha value is -4.06. The minimum absolute atomic E-state index is 0.374. The lowest BCUT2D eigenvalue weighted by Gasteiger charge is -2.19. The van der Waals surface area contributed by atoms with Gasteiger partial charge in [-0.3, -0.25) is 14.6 Å². The largest absolute Gasteiger partial charge is 0.437 e. The first-order chi connectivity index (χ1) is 14.6. The topological polar surface area (TPSA) is 81.2 Å². The van der Waals surface area contributed by atoms with Crippen LogP contribution in [-0.2, 0) is 9.53 Å². The number of ether oxygens (including phenoxy) is 1. The Kier molecular flexibility index (Phi) is 5.48. The summed E-state index contributed by atoms with van der Waals surface area (Å²) < 4.78 is 5.33. The van der Waals surface area contributed by atoms with Crippen molar-refractivity contribution in [2.75, 3.05) is 0 Å². The first kappa shape index (κ1) is 19.3. The number of rotatable bonds is 5. The molecule has 6 nitrogen and oxygen atoms in total. The molecule has 2 heterocycles. The molecule has 0 aliphatic rings. The van der Waals surface area contributed by atoms with Gasteiger partial charge in [-0.05, 0) is 18.2 Å². The summed E-state index contributed by atoms with van der Waals surface area (Å²) >= 11 is 0. The Morgan fingerprint density at radius 1 is 0.967 bits per heavy atom. The van der Waals surface area contributed by atoms with E-state index in [2.05, 4.69) is 10.3 Å². The lowest BCUT2D eigenvalue weighted by Crippen LogP contribution is -2.31. The minimum atomic E-state index is -0.948. The third kappa shape index (κ3) is 4.17. The number of amides is 1. The van der Waals surface area contributed by atoms with Gasteiger partial charge in [0.25, 0.3) is 5.91 Å². The maximum absolute atomic E-state index is 13.3. The maximum Gasteiger partial charge on any atom is 0.304 e. The Morgan fingerprint density at radius 2 is 1.73 bits per heavy atom. The molecule has 0 saturated carbocycles. The fourth-order valence-corrected chi connectivity index (χ4v) is 3.19. The second kappa shape index (κ2) is 8.53. The molecule has 0 aliphatic carbocycles. The normalized spacial score (nSPS) is 11.6. The van der Waals surface area contributed by atoms with Crippen LogP contribution in [0.4, 0.5) is 0 Å². The Bertz CT molecular complexity index is 1190. The van der Waals surface area contributed by atoms with Gasteiger partial charge in [0, 0.05) is 35.8 Å². The van der Waals surface area contributed by atoms with E-state index in [0.717, 1.165) is 5.56 Å². The lowest BCUT2D eigenvalue weighted by atomic mass is 10.0. The number of para-hydroxylation sites is 1. The first-order valence-corrected chi connectivity index (χ1v) is 9.45. The van der Waals surface area contributed by atoms with Crippen LogP contribution in [0.5, 0.6) is 0 Å². The molecule has 4 rings (SSSR count). The molecule has 0 radical (unpaired) electrons. The summed E-state index contributed by atoms with van der Waals surface area (Å²) in [6.07, 6.45) is 2.21. The fraction of sp³-hybridized carbons (Fsp3) is 0.0833. The molecule has 0 spiro atoms. The molecule has 148 valence electrons. The highest BCUT2D eigenvalue weighted by Crippen LogP contribution is 2.25. The average Bonchev–Trinajstić information content (AvgIpc) is 2.78. The summed E-state index contributed by atoms with van der Waals surface area (Å²) in [6.45, 7) is 1.30. The van der Waals surface area contributed by atoms with Gasteiger partial charge in [-0.15, -0.1) is 0 Å². The van der Waals surface area contributed by atoms with Crippen LogP contribution in [0.3, 0.4) is 0 Å². The minimum Gasteiger partial charge on any atom is -0.437 e. The molecule has 0 bridgehead atoms. The van der Waals surface area contributed by atoms with Crippen LogP contribution in [0, 0.1) is 0 Å². The smallest absolute Gasteiger partial charge is 0.304 e. The summed E-state index contributed by atoms with van der Waals surface area (Å²) in [6, 6.07) is 22.3. The van der Waals surface area contributed by atoms with Gasteiger partial charge < -0.3 is 10.1 Å². The van der Waals surface area contributed by atoms with E-state index < -0.39 is 12.2 Å². The highest BCUT2D eigenvalue weighted by atomic mass is 16.6. The van der Waals surface area contributed by atoms with Gasteiger partial charge in [0.05, 0.1) is 16.8 Å². The van der Waals surface area contributed by atoms with Crippen molar-refractivity contribution in [1.29, 1.82) is 0 Å². The highest BCUT2D eigenvalue weighted by Gasteiger charge is 2.21. The van der Waals surface area contributed by atoms with Gasteiger partial charge in [-0.1, -0.05) is 54.6 Å². The monoisotopic (exact) mass is 397 g/mol. The maximum atomic E-state index is 13.3. The number of esters is 1. The van der Waals surface area contributed by atoms with Gasteiger partial charge >= 0.3 is 5.97 Å². The number of nitrogens with one attached hydrogen (secondary N) is 1. The van der Waals surface area contributed by atoms with E-state index in [-0.39, 0.29) is 5.91 Å². The number of benzene rings is 2. The summed E-state index contributed by atoms with van der Waals surface area (Å²) in [5.41, 5.74) is 3.31. The fourth-order valence-electron chi connectivity index (χ4n) is 3.19. The zero-order chi connectivity index (χ0) is 20.9. The van der Waals surface area contributed by atoms with Crippen molar-refractivity contribution in [1.82, 2.24) is 15.3 Å². The summed E-state index contributed by atoms with van der Waals surface area (Å²) in [5, 5.41) is 3.51. The van der Waals surface area contributed by atoms with E-state index in [9.17, 15) is 9.59 Å². The van der Waals surface area contributed by atoms with Crippen LogP contribution in [0.15, 0.2) is 85.2 Å². The van der Waals surface area contributed by atoms with Crippen LogP contribution in [-0.4, -0.2) is 21.8 Å². The van der Waals surface area contributed by atoms with E-state index in [0.29, 0.717) is 27.7 Å². The van der Waals surface area contributed by atoms with Gasteiger partial charge in [-0.2, -0.15) is 0 Å². The highest BCUT2D eigenvalue weighted by molar-refractivity contribution is 6.07. The number of hydrogen-bond acceptors (Lipinski definition) is 5. The van der Waals surface area contributed by atoms with E-state index in [1.807, 2.05) is 54.6 Å². The molecule has 0 saturated heterocycles. The van der Waals surface area contributed by atoms with Crippen molar-refractivity contribution >= 4 is 22.8 Å². The van der Waals surface area contributed by atoms with E-state index in [1.54, 1.807) is 30.6 Å². The quantitative estimate of drug-likeness (QED) is 0.401. The van der Waals surface area contributed by atoms with Crippen LogP contribution < -0.4 is 5.32 Å². The van der Waals surface area contributed by atoms with E-state index in [4.69, 9.17) is 9.72 Å². The van der Waals surface area contributed by atoms with Crippen molar-refractivity contribution in [3.8, 4) is 11.3 Å². The van der Waals surface area contributed by atoms with Crippen LogP contribution in [0.1, 0.15) is 29.1 Å².